The Kier molecular flexibility index (Phi) is 6.60. The van der Waals surface area contributed by atoms with Gasteiger partial charge < -0.3 is 14.2 Å². The number of nitrogens with zero attached hydrogens (tertiary/aromatic N) is 2. The minimum Gasteiger partial charge on any atom is -0.497 e. The molecule has 172 valence electrons. The van der Waals surface area contributed by atoms with Gasteiger partial charge in [0.2, 0.25) is 0 Å². The van der Waals surface area contributed by atoms with E-state index in [1.165, 1.54) is 9.80 Å². The van der Waals surface area contributed by atoms with E-state index in [2.05, 4.69) is 0 Å². The number of carbonyl (C=O) groups is 2. The van der Waals surface area contributed by atoms with Gasteiger partial charge in [-0.05, 0) is 84.5 Å². The maximum Gasteiger partial charge on any atom is 0.270 e. The third-order valence-electron chi connectivity index (χ3n) is 5.34. The van der Waals surface area contributed by atoms with E-state index in [4.69, 9.17) is 26.4 Å². The molecular weight excluding hydrogens is 452 g/mol. The first-order chi connectivity index (χ1) is 16.5. The van der Waals surface area contributed by atoms with Gasteiger partial charge in [0.25, 0.3) is 11.8 Å². The van der Waals surface area contributed by atoms with Crippen molar-refractivity contribution in [1.82, 2.24) is 0 Å². The molecule has 2 amide bonds. The SMILES string of the molecule is COc1ccc(C=C2C(=O)N(c3ccc(OC)cc3)C(=S)N(c3ccc(OC)cc3)C2=O)cc1. The van der Waals surface area contributed by atoms with Crippen molar-refractivity contribution in [2.45, 2.75) is 0 Å². The minimum atomic E-state index is -0.513. The second kappa shape index (κ2) is 9.76. The van der Waals surface area contributed by atoms with Gasteiger partial charge in [0.1, 0.15) is 22.8 Å². The van der Waals surface area contributed by atoms with Crippen LogP contribution in [0.2, 0.25) is 0 Å². The summed E-state index contributed by atoms with van der Waals surface area (Å²) in [6.07, 6.45) is 1.55. The predicted molar refractivity (Wildman–Crippen MR) is 135 cm³/mol. The Morgan fingerprint density at radius 1 is 0.618 bits per heavy atom. The molecular formula is C26H22N2O5S. The molecule has 0 N–H and O–H groups in total. The average molecular weight is 475 g/mol. The van der Waals surface area contributed by atoms with Crippen LogP contribution in [-0.4, -0.2) is 38.3 Å². The highest BCUT2D eigenvalue weighted by atomic mass is 32.1. The Labute approximate surface area is 202 Å². The lowest BCUT2D eigenvalue weighted by molar-refractivity contribution is -0.120. The van der Waals surface area contributed by atoms with Crippen LogP contribution in [0.3, 0.4) is 0 Å². The normalized spacial score (nSPS) is 13.7. The molecule has 3 aromatic carbocycles. The standard InChI is InChI=1S/C26H22N2O5S/c1-31-20-10-4-17(5-11-20)16-23-24(29)27(18-6-12-21(32-2)13-7-18)26(34)28(25(23)30)19-8-14-22(33-3)15-9-19/h4-16H,1-3H3. The number of benzene rings is 3. The first kappa shape index (κ1) is 23.0. The molecule has 1 aliphatic rings. The maximum atomic E-state index is 13.6. The summed E-state index contributed by atoms with van der Waals surface area (Å²) in [6, 6.07) is 20.9. The van der Waals surface area contributed by atoms with Crippen LogP contribution in [0.1, 0.15) is 5.56 Å². The van der Waals surface area contributed by atoms with E-state index in [1.807, 2.05) is 0 Å². The zero-order chi connectivity index (χ0) is 24.2. The third-order valence-corrected chi connectivity index (χ3v) is 5.70. The molecule has 8 heteroatoms. The van der Waals surface area contributed by atoms with E-state index in [-0.39, 0.29) is 10.7 Å². The quantitative estimate of drug-likeness (QED) is 0.299. The molecule has 34 heavy (non-hydrogen) atoms. The number of rotatable bonds is 6. The molecule has 0 spiro atoms. The molecule has 0 bridgehead atoms. The molecule has 0 unspecified atom stereocenters. The highest BCUT2D eigenvalue weighted by molar-refractivity contribution is 7.81. The van der Waals surface area contributed by atoms with Crippen molar-refractivity contribution < 1.29 is 23.8 Å². The first-order valence-corrected chi connectivity index (χ1v) is 10.7. The lowest BCUT2D eigenvalue weighted by atomic mass is 10.0. The Morgan fingerprint density at radius 2 is 0.971 bits per heavy atom. The van der Waals surface area contributed by atoms with Crippen molar-refractivity contribution in [2.24, 2.45) is 0 Å². The van der Waals surface area contributed by atoms with Gasteiger partial charge >= 0.3 is 0 Å². The summed E-state index contributed by atoms with van der Waals surface area (Å²) in [6.45, 7) is 0. The maximum absolute atomic E-state index is 13.6. The lowest BCUT2D eigenvalue weighted by Gasteiger charge is -2.36. The molecule has 0 aliphatic carbocycles. The molecule has 0 atom stereocenters. The number of thiocarbonyl (C=S) groups is 1. The van der Waals surface area contributed by atoms with Crippen LogP contribution in [-0.2, 0) is 9.59 Å². The van der Waals surface area contributed by atoms with E-state index in [0.29, 0.717) is 34.2 Å². The molecule has 0 saturated carbocycles. The van der Waals surface area contributed by atoms with Crippen LogP contribution < -0.4 is 24.0 Å². The molecule has 1 aliphatic heterocycles. The van der Waals surface area contributed by atoms with Gasteiger partial charge in [-0.15, -0.1) is 0 Å². The summed E-state index contributed by atoms with van der Waals surface area (Å²) >= 11 is 5.64. The highest BCUT2D eigenvalue weighted by Gasteiger charge is 2.41. The van der Waals surface area contributed by atoms with Crippen molar-refractivity contribution in [3.05, 3.63) is 83.9 Å². The number of methoxy groups -OCH3 is 3. The van der Waals surface area contributed by atoms with E-state index in [9.17, 15) is 9.59 Å². The van der Waals surface area contributed by atoms with Crippen LogP contribution in [0.25, 0.3) is 6.08 Å². The van der Waals surface area contributed by atoms with Crippen molar-refractivity contribution >= 4 is 46.6 Å². The number of amides is 2. The number of carbonyl (C=O) groups excluding carboxylic acids is 2. The van der Waals surface area contributed by atoms with Crippen molar-refractivity contribution in [3.63, 3.8) is 0 Å². The van der Waals surface area contributed by atoms with Gasteiger partial charge in [0.05, 0.1) is 32.7 Å². The minimum absolute atomic E-state index is 0.0228. The van der Waals surface area contributed by atoms with Crippen LogP contribution in [0.15, 0.2) is 78.4 Å². The molecule has 3 aromatic rings. The number of anilines is 2. The van der Waals surface area contributed by atoms with E-state index < -0.39 is 11.8 Å². The molecule has 1 fully saturated rings. The molecule has 0 radical (unpaired) electrons. The van der Waals surface area contributed by atoms with Gasteiger partial charge in [0.15, 0.2) is 5.11 Å². The summed E-state index contributed by atoms with van der Waals surface area (Å²) in [5.41, 5.74) is 1.69. The van der Waals surface area contributed by atoms with Crippen molar-refractivity contribution in [2.75, 3.05) is 31.1 Å². The fourth-order valence-electron chi connectivity index (χ4n) is 3.51. The van der Waals surface area contributed by atoms with Gasteiger partial charge in [-0.2, -0.15) is 0 Å². The summed E-state index contributed by atoms with van der Waals surface area (Å²) in [5.74, 6) is 0.915. The van der Waals surface area contributed by atoms with Crippen LogP contribution in [0, 0.1) is 0 Å². The van der Waals surface area contributed by atoms with Crippen LogP contribution in [0.5, 0.6) is 17.2 Å². The topological polar surface area (TPSA) is 68.3 Å². The number of ether oxygens (including phenoxy) is 3. The molecule has 1 heterocycles. The monoisotopic (exact) mass is 474 g/mol. The molecule has 4 rings (SSSR count). The lowest BCUT2D eigenvalue weighted by Crippen LogP contribution is -2.56. The van der Waals surface area contributed by atoms with Gasteiger partial charge in [0, 0.05) is 0 Å². The predicted octanol–water partition coefficient (Wildman–Crippen LogP) is 4.46. The molecule has 7 nitrogen and oxygen atoms in total. The van der Waals surface area contributed by atoms with Crippen molar-refractivity contribution in [3.8, 4) is 17.2 Å². The Hall–Kier alpha value is -4.17. The summed E-state index contributed by atoms with van der Waals surface area (Å²) in [7, 11) is 4.69. The smallest absolute Gasteiger partial charge is 0.270 e. The second-order valence-corrected chi connectivity index (χ2v) is 7.66. The van der Waals surface area contributed by atoms with Crippen LogP contribution >= 0.6 is 12.2 Å². The first-order valence-electron chi connectivity index (χ1n) is 10.3. The van der Waals surface area contributed by atoms with Gasteiger partial charge in [-0.1, -0.05) is 12.1 Å². The zero-order valence-corrected chi connectivity index (χ0v) is 19.7. The Morgan fingerprint density at radius 3 is 1.32 bits per heavy atom. The van der Waals surface area contributed by atoms with Gasteiger partial charge in [-0.3, -0.25) is 19.4 Å². The largest absolute Gasteiger partial charge is 0.497 e. The Bertz CT molecular complexity index is 1180. The summed E-state index contributed by atoms with van der Waals surface area (Å²) < 4.78 is 15.6. The van der Waals surface area contributed by atoms with Gasteiger partial charge in [-0.25, -0.2) is 0 Å². The third kappa shape index (κ3) is 4.35. The molecule has 0 aromatic heterocycles. The zero-order valence-electron chi connectivity index (χ0n) is 18.8. The summed E-state index contributed by atoms with van der Waals surface area (Å²) in [5, 5.41) is 0.0530. The number of hydrogen-bond donors (Lipinski definition) is 0. The number of hydrogen-bond acceptors (Lipinski definition) is 6. The summed E-state index contributed by atoms with van der Waals surface area (Å²) in [4.78, 5) is 29.8. The van der Waals surface area contributed by atoms with Crippen LogP contribution in [0.4, 0.5) is 11.4 Å². The fourth-order valence-corrected chi connectivity index (χ4v) is 3.89. The highest BCUT2D eigenvalue weighted by Crippen LogP contribution is 2.31. The van der Waals surface area contributed by atoms with Crippen molar-refractivity contribution in [1.29, 1.82) is 0 Å². The average Bonchev–Trinajstić information content (AvgIpc) is 2.88. The van der Waals surface area contributed by atoms with E-state index in [1.54, 1.807) is 100 Å². The van der Waals surface area contributed by atoms with E-state index in [0.717, 1.165) is 0 Å². The fraction of sp³-hybridized carbons (Fsp3) is 0.115. The second-order valence-electron chi connectivity index (χ2n) is 7.29. The van der Waals surface area contributed by atoms with E-state index >= 15 is 0 Å². The Balaban J connectivity index is 1.82. The molecule has 1 saturated heterocycles.